The third-order valence-corrected chi connectivity index (χ3v) is 4.92. The first-order valence-corrected chi connectivity index (χ1v) is 9.56. The maximum absolute atomic E-state index is 12.4. The SMILES string of the molecule is Cc1c(C)c2cc(Cl)c(OC(=O)[C@H](C)NC(=O)OCc3ccccc3)cc2oc1=O. The molecule has 7 nitrogen and oxygen atoms in total. The van der Waals surface area contributed by atoms with Gasteiger partial charge in [0.05, 0.1) is 5.02 Å². The quantitative estimate of drug-likeness (QED) is 0.369. The van der Waals surface area contributed by atoms with E-state index < -0.39 is 23.7 Å². The van der Waals surface area contributed by atoms with Crippen molar-refractivity contribution >= 4 is 34.6 Å². The number of fused-ring (bicyclic) bond motifs is 1. The van der Waals surface area contributed by atoms with Gasteiger partial charge in [-0.15, -0.1) is 0 Å². The van der Waals surface area contributed by atoms with Gasteiger partial charge in [0.25, 0.3) is 0 Å². The third-order valence-electron chi connectivity index (χ3n) is 4.62. The van der Waals surface area contributed by atoms with Crippen LogP contribution in [0.25, 0.3) is 11.0 Å². The highest BCUT2D eigenvalue weighted by molar-refractivity contribution is 6.33. The Bertz CT molecular complexity index is 1160. The van der Waals surface area contributed by atoms with Crippen molar-refractivity contribution in [3.63, 3.8) is 0 Å². The number of carbonyl (C=O) groups is 2. The Morgan fingerprint density at radius 1 is 1.13 bits per heavy atom. The van der Waals surface area contributed by atoms with Crippen LogP contribution in [0.2, 0.25) is 5.02 Å². The molecular formula is C22H20ClNO6. The standard InChI is InChI=1S/C22H20ClNO6/c1-12-13(2)20(25)29-18-10-19(17(23)9-16(12)18)30-21(26)14(3)24-22(27)28-11-15-7-5-4-6-8-15/h4-10,14H,11H2,1-3H3,(H,24,27)/t14-/m0/s1. The summed E-state index contributed by atoms with van der Waals surface area (Å²) in [5.41, 5.74) is 1.80. The van der Waals surface area contributed by atoms with E-state index in [0.717, 1.165) is 11.1 Å². The molecule has 1 aromatic heterocycles. The number of hydrogen-bond donors (Lipinski definition) is 1. The van der Waals surface area contributed by atoms with E-state index in [2.05, 4.69) is 5.32 Å². The van der Waals surface area contributed by atoms with Crippen molar-refractivity contribution in [1.29, 1.82) is 0 Å². The molecule has 0 aliphatic carbocycles. The summed E-state index contributed by atoms with van der Waals surface area (Å²) in [7, 11) is 0. The molecule has 0 radical (unpaired) electrons. The molecule has 0 unspecified atom stereocenters. The van der Waals surface area contributed by atoms with Gasteiger partial charge in [0, 0.05) is 17.0 Å². The summed E-state index contributed by atoms with van der Waals surface area (Å²) in [4.78, 5) is 36.2. The second-order valence-electron chi connectivity index (χ2n) is 6.77. The predicted molar refractivity (Wildman–Crippen MR) is 112 cm³/mol. The van der Waals surface area contributed by atoms with Crippen LogP contribution in [-0.4, -0.2) is 18.1 Å². The van der Waals surface area contributed by atoms with Crippen LogP contribution in [0.15, 0.2) is 51.7 Å². The van der Waals surface area contributed by atoms with Crippen molar-refractivity contribution in [2.45, 2.75) is 33.4 Å². The van der Waals surface area contributed by atoms with Gasteiger partial charge in [-0.1, -0.05) is 41.9 Å². The minimum atomic E-state index is -0.994. The number of carbonyl (C=O) groups excluding carboxylic acids is 2. The first-order chi connectivity index (χ1) is 14.3. The molecular weight excluding hydrogens is 410 g/mol. The average molecular weight is 430 g/mol. The molecule has 3 aromatic rings. The summed E-state index contributed by atoms with van der Waals surface area (Å²) in [6.07, 6.45) is -0.759. The molecule has 2 aromatic carbocycles. The number of nitrogens with one attached hydrogen (secondary N) is 1. The molecule has 8 heteroatoms. The summed E-state index contributed by atoms with van der Waals surface area (Å²) in [6.45, 7) is 4.97. The first-order valence-electron chi connectivity index (χ1n) is 9.18. The van der Waals surface area contributed by atoms with Crippen LogP contribution in [0, 0.1) is 13.8 Å². The second kappa shape index (κ2) is 9.00. The number of aryl methyl sites for hydroxylation is 1. The number of alkyl carbamates (subject to hydrolysis) is 1. The van der Waals surface area contributed by atoms with Crippen molar-refractivity contribution in [2.75, 3.05) is 0 Å². The lowest BCUT2D eigenvalue weighted by Crippen LogP contribution is -2.41. The fraction of sp³-hybridized carbons (Fsp3) is 0.227. The van der Waals surface area contributed by atoms with Gasteiger partial charge in [-0.2, -0.15) is 0 Å². The molecule has 0 saturated carbocycles. The number of esters is 1. The van der Waals surface area contributed by atoms with E-state index in [1.54, 1.807) is 19.9 Å². The molecule has 1 atom stereocenters. The summed E-state index contributed by atoms with van der Waals surface area (Å²) in [5.74, 6) is -0.731. The van der Waals surface area contributed by atoms with E-state index in [1.165, 1.54) is 13.0 Å². The fourth-order valence-electron chi connectivity index (χ4n) is 2.72. The van der Waals surface area contributed by atoms with Gasteiger partial charge in [-0.25, -0.2) is 14.4 Å². The maximum Gasteiger partial charge on any atom is 0.408 e. The number of rotatable bonds is 5. The van der Waals surface area contributed by atoms with Gasteiger partial charge >= 0.3 is 17.7 Å². The van der Waals surface area contributed by atoms with Crippen LogP contribution in [-0.2, 0) is 16.1 Å². The smallest absolute Gasteiger partial charge is 0.408 e. The largest absolute Gasteiger partial charge is 0.445 e. The van der Waals surface area contributed by atoms with Crippen LogP contribution < -0.4 is 15.7 Å². The van der Waals surface area contributed by atoms with Crippen molar-refractivity contribution in [1.82, 2.24) is 5.32 Å². The molecule has 0 spiro atoms. The maximum atomic E-state index is 12.4. The zero-order valence-corrected chi connectivity index (χ0v) is 17.4. The monoisotopic (exact) mass is 429 g/mol. The fourth-order valence-corrected chi connectivity index (χ4v) is 2.92. The van der Waals surface area contributed by atoms with E-state index in [-0.39, 0.29) is 23.0 Å². The minimum absolute atomic E-state index is 0.0203. The molecule has 1 N–H and O–H groups in total. The zero-order chi connectivity index (χ0) is 21.8. The Labute approximate surface area is 177 Å². The van der Waals surface area contributed by atoms with E-state index >= 15 is 0 Å². The molecule has 30 heavy (non-hydrogen) atoms. The Morgan fingerprint density at radius 2 is 1.83 bits per heavy atom. The number of amides is 1. The normalized spacial score (nSPS) is 11.7. The lowest BCUT2D eigenvalue weighted by Gasteiger charge is -2.14. The molecule has 156 valence electrons. The van der Waals surface area contributed by atoms with Gasteiger partial charge in [0.15, 0.2) is 5.75 Å². The van der Waals surface area contributed by atoms with Crippen molar-refractivity contribution < 1.29 is 23.5 Å². The van der Waals surface area contributed by atoms with Crippen LogP contribution in [0.4, 0.5) is 4.79 Å². The molecule has 3 rings (SSSR count). The Hall–Kier alpha value is -3.32. The van der Waals surface area contributed by atoms with Crippen LogP contribution in [0.1, 0.15) is 23.6 Å². The first kappa shape index (κ1) is 21.4. The predicted octanol–water partition coefficient (Wildman–Crippen LogP) is 4.28. The van der Waals surface area contributed by atoms with Gasteiger partial charge in [-0.05, 0) is 38.0 Å². The zero-order valence-electron chi connectivity index (χ0n) is 16.7. The average Bonchev–Trinajstić information content (AvgIpc) is 2.72. The molecule has 1 heterocycles. The van der Waals surface area contributed by atoms with E-state index in [1.807, 2.05) is 30.3 Å². The van der Waals surface area contributed by atoms with Crippen LogP contribution in [0.3, 0.4) is 0 Å². The van der Waals surface area contributed by atoms with Gasteiger partial charge in [0.2, 0.25) is 0 Å². The number of ether oxygens (including phenoxy) is 2. The van der Waals surface area contributed by atoms with Crippen LogP contribution >= 0.6 is 11.6 Å². The summed E-state index contributed by atoms with van der Waals surface area (Å²) in [5, 5.41) is 3.22. The van der Waals surface area contributed by atoms with Gasteiger partial charge in [0.1, 0.15) is 18.2 Å². The molecule has 0 fully saturated rings. The van der Waals surface area contributed by atoms with Crippen molar-refractivity contribution in [3.8, 4) is 5.75 Å². The van der Waals surface area contributed by atoms with Gasteiger partial charge in [-0.3, -0.25) is 0 Å². The second-order valence-corrected chi connectivity index (χ2v) is 7.17. The summed E-state index contributed by atoms with van der Waals surface area (Å²) in [6, 6.07) is 11.1. The number of halogens is 1. The third kappa shape index (κ3) is 4.80. The highest BCUT2D eigenvalue weighted by atomic mass is 35.5. The topological polar surface area (TPSA) is 94.8 Å². The minimum Gasteiger partial charge on any atom is -0.445 e. The van der Waals surface area contributed by atoms with Gasteiger partial charge < -0.3 is 19.2 Å². The lowest BCUT2D eigenvalue weighted by molar-refractivity contribution is -0.136. The molecule has 0 aliphatic rings. The van der Waals surface area contributed by atoms with Crippen molar-refractivity contribution in [2.24, 2.45) is 0 Å². The Kier molecular flexibility index (Phi) is 6.42. The van der Waals surface area contributed by atoms with E-state index in [4.69, 9.17) is 25.5 Å². The number of benzene rings is 2. The molecule has 0 saturated heterocycles. The molecule has 0 aliphatic heterocycles. The highest BCUT2D eigenvalue weighted by Crippen LogP contribution is 2.32. The molecule has 0 bridgehead atoms. The van der Waals surface area contributed by atoms with Crippen molar-refractivity contribution in [3.05, 3.63) is 74.6 Å². The summed E-state index contributed by atoms with van der Waals surface area (Å²) >= 11 is 6.23. The lowest BCUT2D eigenvalue weighted by atomic mass is 10.1. The van der Waals surface area contributed by atoms with Crippen LogP contribution in [0.5, 0.6) is 5.75 Å². The number of hydrogen-bond acceptors (Lipinski definition) is 6. The summed E-state index contributed by atoms with van der Waals surface area (Å²) < 4.78 is 15.6. The molecule has 1 amide bonds. The Balaban J connectivity index is 1.66. The highest BCUT2D eigenvalue weighted by Gasteiger charge is 2.21. The van der Waals surface area contributed by atoms with E-state index in [0.29, 0.717) is 10.9 Å². The van der Waals surface area contributed by atoms with E-state index in [9.17, 15) is 14.4 Å². The Morgan fingerprint density at radius 3 is 2.53 bits per heavy atom.